The molecule has 0 saturated carbocycles. The first-order valence-electron chi connectivity index (χ1n) is 10.1. The van der Waals surface area contributed by atoms with Crippen LogP contribution in [0.15, 0.2) is 73.1 Å². The number of aromatic nitrogens is 3. The monoisotopic (exact) mass is 437 g/mol. The van der Waals surface area contributed by atoms with E-state index in [1.54, 1.807) is 6.20 Å². The Bertz CT molecular complexity index is 1400. The molecular weight excluding hydrogens is 418 g/mol. The van der Waals surface area contributed by atoms with Gasteiger partial charge in [-0.25, -0.2) is 14.6 Å². The van der Waals surface area contributed by atoms with E-state index >= 15 is 0 Å². The molecule has 4 aromatic rings. The van der Waals surface area contributed by atoms with Gasteiger partial charge in [0.1, 0.15) is 0 Å². The van der Waals surface area contributed by atoms with E-state index in [9.17, 15) is 19.8 Å². The number of aryl methyl sites for hydroxylation is 1. The van der Waals surface area contributed by atoms with Gasteiger partial charge in [0.05, 0.1) is 33.9 Å². The van der Waals surface area contributed by atoms with Gasteiger partial charge < -0.3 is 10.2 Å². The Labute approximate surface area is 189 Å². The minimum absolute atomic E-state index is 0.000170. The smallest absolute Gasteiger partial charge is 0.335 e. The highest BCUT2D eigenvalue weighted by atomic mass is 16.4. The Kier molecular flexibility index (Phi) is 6.04. The van der Waals surface area contributed by atoms with E-state index in [4.69, 9.17) is 0 Å². The molecule has 0 aliphatic carbocycles. The van der Waals surface area contributed by atoms with Crippen molar-refractivity contribution in [2.45, 2.75) is 6.92 Å². The SMILES string of the molecule is Cc1ccccc1/C=C/c1ccnc(-c2cc(C(=O)O)cc(-c3cc(C(=O)O)ccn3)n2)c1. The molecule has 0 saturated heterocycles. The van der Waals surface area contributed by atoms with Gasteiger partial charge in [-0.3, -0.25) is 9.97 Å². The topological polar surface area (TPSA) is 113 Å². The van der Waals surface area contributed by atoms with Gasteiger partial charge in [-0.1, -0.05) is 36.4 Å². The predicted octanol–water partition coefficient (Wildman–Crippen LogP) is 5.08. The van der Waals surface area contributed by atoms with E-state index < -0.39 is 11.9 Å². The number of rotatable bonds is 6. The largest absolute Gasteiger partial charge is 0.478 e. The minimum atomic E-state index is -1.13. The van der Waals surface area contributed by atoms with Crippen LogP contribution >= 0.6 is 0 Å². The number of hydrogen-bond acceptors (Lipinski definition) is 5. The first kappa shape index (κ1) is 21.6. The Morgan fingerprint density at radius 1 is 0.727 bits per heavy atom. The second-order valence-corrected chi connectivity index (χ2v) is 7.33. The summed E-state index contributed by atoms with van der Waals surface area (Å²) in [4.78, 5) is 36.1. The van der Waals surface area contributed by atoms with Gasteiger partial charge in [0.2, 0.25) is 0 Å². The van der Waals surface area contributed by atoms with Crippen molar-refractivity contribution < 1.29 is 19.8 Å². The van der Waals surface area contributed by atoms with Gasteiger partial charge in [0.15, 0.2) is 0 Å². The molecule has 0 amide bonds. The number of hydrogen-bond donors (Lipinski definition) is 2. The number of carboxylic acids is 2. The lowest BCUT2D eigenvalue weighted by molar-refractivity contribution is 0.0686. The molecule has 0 spiro atoms. The molecule has 3 aromatic heterocycles. The van der Waals surface area contributed by atoms with Gasteiger partial charge in [-0.15, -0.1) is 0 Å². The molecule has 7 heteroatoms. The Morgan fingerprint density at radius 2 is 1.33 bits per heavy atom. The zero-order valence-corrected chi connectivity index (χ0v) is 17.6. The van der Waals surface area contributed by atoms with Crippen LogP contribution < -0.4 is 0 Å². The van der Waals surface area contributed by atoms with Crippen molar-refractivity contribution in [1.82, 2.24) is 15.0 Å². The molecule has 2 N–H and O–H groups in total. The van der Waals surface area contributed by atoms with Gasteiger partial charge in [-0.2, -0.15) is 0 Å². The van der Waals surface area contributed by atoms with Crippen molar-refractivity contribution in [2.24, 2.45) is 0 Å². The molecule has 3 heterocycles. The summed E-state index contributed by atoms with van der Waals surface area (Å²) in [5.74, 6) is -2.24. The molecule has 0 bridgehead atoms. The highest BCUT2D eigenvalue weighted by Crippen LogP contribution is 2.24. The fourth-order valence-electron chi connectivity index (χ4n) is 3.27. The third kappa shape index (κ3) is 4.99. The Balaban J connectivity index is 1.75. The molecule has 0 aliphatic heterocycles. The van der Waals surface area contributed by atoms with Crippen molar-refractivity contribution in [3.8, 4) is 22.8 Å². The Morgan fingerprint density at radius 3 is 2.00 bits per heavy atom. The van der Waals surface area contributed by atoms with Crippen molar-refractivity contribution in [1.29, 1.82) is 0 Å². The quantitative estimate of drug-likeness (QED) is 0.432. The molecule has 0 unspecified atom stereocenters. The standard InChI is InChI=1S/C26H19N3O4/c1-16-4-2-3-5-18(16)7-6-17-8-10-27-21(12-17)23-14-20(26(32)33)15-24(29-23)22-13-19(25(30)31)9-11-28-22/h2-15H,1H3,(H,30,31)(H,32,33)/b7-6+. The van der Waals surface area contributed by atoms with E-state index in [1.807, 2.05) is 55.5 Å². The summed E-state index contributed by atoms with van der Waals surface area (Å²) in [6, 6.07) is 17.2. The zero-order valence-electron chi connectivity index (χ0n) is 17.6. The highest BCUT2D eigenvalue weighted by Gasteiger charge is 2.14. The fourth-order valence-corrected chi connectivity index (χ4v) is 3.27. The summed E-state index contributed by atoms with van der Waals surface area (Å²) >= 11 is 0. The van der Waals surface area contributed by atoms with Crippen molar-refractivity contribution in [3.63, 3.8) is 0 Å². The molecule has 7 nitrogen and oxygen atoms in total. The Hall–Kier alpha value is -4.65. The van der Waals surface area contributed by atoms with Crippen LogP contribution in [0.1, 0.15) is 37.4 Å². The van der Waals surface area contributed by atoms with Crippen LogP contribution in [0.4, 0.5) is 0 Å². The molecule has 0 fully saturated rings. The van der Waals surface area contributed by atoms with Crippen molar-refractivity contribution in [3.05, 3.63) is 101 Å². The third-order valence-electron chi connectivity index (χ3n) is 5.03. The highest BCUT2D eigenvalue weighted by molar-refractivity contribution is 5.91. The van der Waals surface area contributed by atoms with E-state index in [0.29, 0.717) is 11.4 Å². The van der Waals surface area contributed by atoms with E-state index in [2.05, 4.69) is 15.0 Å². The first-order chi connectivity index (χ1) is 15.9. The molecule has 0 radical (unpaired) electrons. The number of nitrogens with zero attached hydrogens (tertiary/aromatic N) is 3. The average molecular weight is 437 g/mol. The zero-order chi connectivity index (χ0) is 23.4. The number of carbonyl (C=O) groups is 2. The number of benzene rings is 1. The molecule has 1 aromatic carbocycles. The summed E-state index contributed by atoms with van der Waals surface area (Å²) in [5, 5.41) is 18.8. The third-order valence-corrected chi connectivity index (χ3v) is 5.03. The van der Waals surface area contributed by atoms with Crippen LogP contribution in [0.3, 0.4) is 0 Å². The average Bonchev–Trinajstić information content (AvgIpc) is 2.83. The molecular formula is C26H19N3O4. The van der Waals surface area contributed by atoms with Gasteiger partial charge in [-0.05, 0) is 60.0 Å². The normalized spacial score (nSPS) is 10.9. The van der Waals surface area contributed by atoms with Gasteiger partial charge in [0, 0.05) is 12.4 Å². The van der Waals surface area contributed by atoms with Crippen LogP contribution in [0.25, 0.3) is 34.9 Å². The number of pyridine rings is 3. The maximum atomic E-state index is 11.7. The van der Waals surface area contributed by atoms with E-state index in [0.717, 1.165) is 16.7 Å². The predicted molar refractivity (Wildman–Crippen MR) is 125 cm³/mol. The molecule has 4 rings (SSSR count). The second kappa shape index (κ2) is 9.23. The summed E-state index contributed by atoms with van der Waals surface area (Å²) in [6.45, 7) is 2.04. The maximum Gasteiger partial charge on any atom is 0.335 e. The fraction of sp³-hybridized carbons (Fsp3) is 0.0385. The molecule has 0 aliphatic rings. The summed E-state index contributed by atoms with van der Waals surface area (Å²) in [6.07, 6.45) is 6.93. The van der Waals surface area contributed by atoms with Crippen LogP contribution in [0.5, 0.6) is 0 Å². The van der Waals surface area contributed by atoms with Crippen molar-refractivity contribution >= 4 is 24.1 Å². The number of carboxylic acid groups (broad SMARTS) is 2. The van der Waals surface area contributed by atoms with Gasteiger partial charge in [0.25, 0.3) is 0 Å². The van der Waals surface area contributed by atoms with Crippen LogP contribution in [0, 0.1) is 6.92 Å². The van der Waals surface area contributed by atoms with Crippen molar-refractivity contribution in [2.75, 3.05) is 0 Å². The van der Waals surface area contributed by atoms with Crippen LogP contribution in [-0.2, 0) is 0 Å². The van der Waals surface area contributed by atoms with E-state index in [1.165, 1.54) is 30.5 Å². The molecule has 33 heavy (non-hydrogen) atoms. The molecule has 162 valence electrons. The number of aromatic carboxylic acids is 2. The lowest BCUT2D eigenvalue weighted by Crippen LogP contribution is -2.02. The minimum Gasteiger partial charge on any atom is -0.478 e. The summed E-state index contributed by atoms with van der Waals surface area (Å²) in [5.41, 5.74) is 4.49. The second-order valence-electron chi connectivity index (χ2n) is 7.33. The first-order valence-corrected chi connectivity index (χ1v) is 10.1. The molecule has 0 atom stereocenters. The van der Waals surface area contributed by atoms with Gasteiger partial charge >= 0.3 is 11.9 Å². The maximum absolute atomic E-state index is 11.7. The lowest BCUT2D eigenvalue weighted by atomic mass is 10.1. The summed E-state index contributed by atoms with van der Waals surface area (Å²) < 4.78 is 0. The van der Waals surface area contributed by atoms with Crippen LogP contribution in [-0.4, -0.2) is 37.1 Å². The van der Waals surface area contributed by atoms with E-state index in [-0.39, 0.29) is 22.5 Å². The summed E-state index contributed by atoms with van der Waals surface area (Å²) in [7, 11) is 0. The van der Waals surface area contributed by atoms with Crippen LogP contribution in [0.2, 0.25) is 0 Å². The lowest BCUT2D eigenvalue weighted by Gasteiger charge is -2.08.